The molecule has 1 unspecified atom stereocenters. The fourth-order valence-electron chi connectivity index (χ4n) is 3.95. The third-order valence-electron chi connectivity index (χ3n) is 5.48. The van der Waals surface area contributed by atoms with Crippen LogP contribution in [0.1, 0.15) is 49.7 Å². The molecule has 1 aliphatic rings. The highest BCUT2D eigenvalue weighted by Crippen LogP contribution is 2.44. The minimum atomic E-state index is -0.695. The minimum Gasteiger partial charge on any atom is -0.449 e. The molecule has 0 heterocycles. The summed E-state index contributed by atoms with van der Waals surface area (Å²) >= 11 is 3.90. The maximum Gasteiger partial charge on any atom is 0.407 e. The molecule has 7 heteroatoms. The van der Waals surface area contributed by atoms with Crippen LogP contribution in [0.3, 0.4) is 0 Å². The molecule has 164 valence electrons. The van der Waals surface area contributed by atoms with Crippen LogP contribution >= 0.6 is 12.6 Å². The lowest BCUT2D eigenvalue weighted by Crippen LogP contribution is -2.39. The first-order chi connectivity index (χ1) is 15.0. The van der Waals surface area contributed by atoms with Gasteiger partial charge in [0.1, 0.15) is 12.6 Å². The summed E-state index contributed by atoms with van der Waals surface area (Å²) in [5, 5.41) is 4.98. The fraction of sp³-hybridized carbons (Fsp3) is 0.375. The van der Waals surface area contributed by atoms with E-state index in [1.54, 1.807) is 0 Å². The maximum atomic E-state index is 12.4. The zero-order chi connectivity index (χ0) is 22.2. The molecule has 0 saturated carbocycles. The molecular formula is C24H28N2O4S. The van der Waals surface area contributed by atoms with Gasteiger partial charge >= 0.3 is 6.09 Å². The lowest BCUT2D eigenvalue weighted by molar-refractivity contribution is -0.119. The van der Waals surface area contributed by atoms with Crippen molar-refractivity contribution in [3.05, 3.63) is 59.7 Å². The number of rotatable bonds is 10. The number of unbranched alkanes of at least 4 members (excludes halogenated alkanes) is 2. The summed E-state index contributed by atoms with van der Waals surface area (Å²) in [5.74, 6) is -0.0857. The van der Waals surface area contributed by atoms with E-state index in [9.17, 15) is 14.4 Å². The first-order valence-corrected chi connectivity index (χ1v) is 11.0. The predicted octanol–water partition coefficient (Wildman–Crippen LogP) is 4.05. The lowest BCUT2D eigenvalue weighted by atomic mass is 9.98. The minimum absolute atomic E-state index is 0.0305. The first-order valence-electron chi connectivity index (χ1n) is 10.6. The topological polar surface area (TPSA) is 84.5 Å². The van der Waals surface area contributed by atoms with E-state index in [1.165, 1.54) is 6.92 Å². The zero-order valence-electron chi connectivity index (χ0n) is 17.6. The van der Waals surface area contributed by atoms with E-state index in [0.717, 1.165) is 41.5 Å². The molecule has 31 heavy (non-hydrogen) atoms. The Morgan fingerprint density at radius 1 is 0.968 bits per heavy atom. The fourth-order valence-corrected chi connectivity index (χ4v) is 4.15. The molecule has 6 nitrogen and oxygen atoms in total. The maximum absolute atomic E-state index is 12.4. The van der Waals surface area contributed by atoms with Gasteiger partial charge in [-0.1, -0.05) is 61.4 Å². The molecule has 0 saturated heterocycles. The third kappa shape index (κ3) is 6.10. The monoisotopic (exact) mass is 440 g/mol. The number of hydrogen-bond donors (Lipinski definition) is 3. The largest absolute Gasteiger partial charge is 0.449 e. The summed E-state index contributed by atoms with van der Waals surface area (Å²) in [4.78, 5) is 35.1. The molecule has 0 spiro atoms. The van der Waals surface area contributed by atoms with Crippen molar-refractivity contribution < 1.29 is 19.1 Å². The van der Waals surface area contributed by atoms with Crippen LogP contribution in [0.5, 0.6) is 0 Å². The van der Waals surface area contributed by atoms with Crippen LogP contribution in [-0.2, 0) is 14.3 Å². The van der Waals surface area contributed by atoms with Gasteiger partial charge in [-0.05, 0) is 35.1 Å². The molecule has 1 atom stereocenters. The Kier molecular flexibility index (Phi) is 8.12. The van der Waals surface area contributed by atoms with Crippen LogP contribution in [0.2, 0.25) is 0 Å². The Balaban J connectivity index is 1.50. The molecule has 3 rings (SSSR count). The Morgan fingerprint density at radius 2 is 1.58 bits per heavy atom. The van der Waals surface area contributed by atoms with E-state index in [1.807, 2.05) is 24.3 Å². The standard InChI is InChI=1S/C24H28N2O4S/c1-16(27)25-14-8-2-3-13-22(23(28)31)26-24(29)30-15-21-19-11-6-4-9-17(19)18-10-5-7-12-20(18)21/h4-7,9-12,21-22H,2-3,8,13-15H2,1H3,(H,25,27)(H,26,29)(H,28,31). The lowest BCUT2D eigenvalue weighted by Gasteiger charge is -2.18. The number of nitrogens with one attached hydrogen (secondary N) is 2. The molecule has 2 aromatic carbocycles. The Bertz CT molecular complexity index is 901. The number of amides is 2. The van der Waals surface area contributed by atoms with Gasteiger partial charge in [0, 0.05) is 19.4 Å². The predicted molar refractivity (Wildman–Crippen MR) is 123 cm³/mol. The van der Waals surface area contributed by atoms with Crippen molar-refractivity contribution in [1.29, 1.82) is 0 Å². The summed E-state index contributed by atoms with van der Waals surface area (Å²) in [5.41, 5.74) is 4.60. The van der Waals surface area contributed by atoms with Crippen molar-refractivity contribution >= 4 is 29.7 Å². The van der Waals surface area contributed by atoms with E-state index in [2.05, 4.69) is 47.5 Å². The number of alkyl carbamates (subject to hydrolysis) is 1. The van der Waals surface area contributed by atoms with E-state index >= 15 is 0 Å². The number of carbonyl (C=O) groups is 3. The van der Waals surface area contributed by atoms with E-state index in [4.69, 9.17) is 4.74 Å². The van der Waals surface area contributed by atoms with Crippen LogP contribution in [0.4, 0.5) is 4.79 Å². The van der Waals surface area contributed by atoms with Gasteiger partial charge < -0.3 is 15.4 Å². The van der Waals surface area contributed by atoms with Gasteiger partial charge in [0.2, 0.25) is 11.0 Å². The van der Waals surface area contributed by atoms with Gasteiger partial charge in [0.15, 0.2) is 0 Å². The van der Waals surface area contributed by atoms with Crippen molar-refractivity contribution in [1.82, 2.24) is 10.6 Å². The highest BCUT2D eigenvalue weighted by molar-refractivity contribution is 7.96. The van der Waals surface area contributed by atoms with Crippen molar-refractivity contribution in [3.63, 3.8) is 0 Å². The molecule has 0 aromatic heterocycles. The van der Waals surface area contributed by atoms with Crippen molar-refractivity contribution in [2.45, 2.75) is 44.6 Å². The second kappa shape index (κ2) is 11.0. The number of benzene rings is 2. The first kappa shape index (κ1) is 22.9. The number of carbonyl (C=O) groups excluding carboxylic acids is 3. The van der Waals surface area contributed by atoms with Crippen molar-refractivity contribution in [2.75, 3.05) is 13.2 Å². The normalized spacial score (nSPS) is 13.1. The van der Waals surface area contributed by atoms with Gasteiger partial charge in [-0.25, -0.2) is 4.79 Å². The second-order valence-corrected chi connectivity index (χ2v) is 8.13. The molecule has 1 aliphatic carbocycles. The average molecular weight is 441 g/mol. The third-order valence-corrected chi connectivity index (χ3v) is 5.79. The number of ether oxygens (including phenoxy) is 1. The molecule has 2 amide bonds. The van der Waals surface area contributed by atoms with Crippen LogP contribution < -0.4 is 10.6 Å². The van der Waals surface area contributed by atoms with Gasteiger partial charge in [0.25, 0.3) is 0 Å². The highest BCUT2D eigenvalue weighted by Gasteiger charge is 2.29. The Labute approximate surface area is 188 Å². The Morgan fingerprint density at radius 3 is 2.16 bits per heavy atom. The summed E-state index contributed by atoms with van der Waals surface area (Å²) in [6, 6.07) is 15.6. The van der Waals surface area contributed by atoms with Crippen LogP contribution in [0.15, 0.2) is 48.5 Å². The molecule has 0 radical (unpaired) electrons. The van der Waals surface area contributed by atoms with Crippen LogP contribution in [0.25, 0.3) is 11.1 Å². The summed E-state index contributed by atoms with van der Waals surface area (Å²) in [6.45, 7) is 2.28. The molecule has 0 bridgehead atoms. The summed E-state index contributed by atoms with van der Waals surface area (Å²) in [6.07, 6.45) is 2.25. The van der Waals surface area contributed by atoms with Gasteiger partial charge in [-0.2, -0.15) is 0 Å². The van der Waals surface area contributed by atoms with E-state index in [-0.39, 0.29) is 18.4 Å². The summed E-state index contributed by atoms with van der Waals surface area (Å²) in [7, 11) is 0. The Hall–Kier alpha value is -2.80. The molecular weight excluding hydrogens is 412 g/mol. The summed E-state index contributed by atoms with van der Waals surface area (Å²) < 4.78 is 5.51. The van der Waals surface area contributed by atoms with Crippen LogP contribution in [0, 0.1) is 0 Å². The molecule has 2 aromatic rings. The van der Waals surface area contributed by atoms with E-state index in [0.29, 0.717) is 13.0 Å². The molecule has 0 fully saturated rings. The van der Waals surface area contributed by atoms with Crippen molar-refractivity contribution in [2.24, 2.45) is 0 Å². The van der Waals surface area contributed by atoms with Gasteiger partial charge in [0.05, 0.1) is 0 Å². The second-order valence-electron chi connectivity index (χ2n) is 7.69. The van der Waals surface area contributed by atoms with Gasteiger partial charge in [-0.3, -0.25) is 9.59 Å². The van der Waals surface area contributed by atoms with Crippen molar-refractivity contribution in [3.8, 4) is 11.1 Å². The van der Waals surface area contributed by atoms with Crippen LogP contribution in [-0.4, -0.2) is 36.3 Å². The highest BCUT2D eigenvalue weighted by atomic mass is 32.1. The molecule has 2 N–H and O–H groups in total. The number of hydrogen-bond acceptors (Lipinski definition) is 4. The smallest absolute Gasteiger partial charge is 0.407 e. The number of fused-ring (bicyclic) bond motifs is 3. The van der Waals surface area contributed by atoms with E-state index < -0.39 is 17.3 Å². The quantitative estimate of drug-likeness (QED) is 0.384. The number of thiol groups is 1. The van der Waals surface area contributed by atoms with Gasteiger partial charge in [-0.15, -0.1) is 12.6 Å². The molecule has 0 aliphatic heterocycles. The average Bonchev–Trinajstić information content (AvgIpc) is 3.07. The SMILES string of the molecule is CC(=O)NCCCCCC(NC(=O)OCC1c2ccccc2-c2ccccc21)C(=O)S. The zero-order valence-corrected chi connectivity index (χ0v) is 18.5.